The van der Waals surface area contributed by atoms with Crippen molar-refractivity contribution in [3.05, 3.63) is 70.8 Å². The fourth-order valence-corrected chi connectivity index (χ4v) is 2.86. The second-order valence-electron chi connectivity index (χ2n) is 6.01. The van der Waals surface area contributed by atoms with E-state index in [0.717, 1.165) is 11.1 Å². The Hall–Kier alpha value is -2.11. The van der Waals surface area contributed by atoms with Crippen LogP contribution in [0, 0.1) is 11.3 Å². The van der Waals surface area contributed by atoms with Gasteiger partial charge in [-0.25, -0.2) is 0 Å². The highest BCUT2D eigenvalue weighted by Gasteiger charge is 2.26. The first-order valence-electron chi connectivity index (χ1n) is 7.45. The van der Waals surface area contributed by atoms with E-state index in [1.54, 1.807) is 19.1 Å². The average Bonchev–Trinajstić information content (AvgIpc) is 2.46. The van der Waals surface area contributed by atoms with E-state index in [4.69, 9.17) is 5.26 Å². The summed E-state index contributed by atoms with van der Waals surface area (Å²) in [4.78, 5) is 0. The first kappa shape index (κ1) is 13.9. The Bertz CT molecular complexity index is 658. The predicted octanol–water partition coefficient (Wildman–Crippen LogP) is 4.08. The van der Waals surface area contributed by atoms with Gasteiger partial charge in [-0.15, -0.1) is 0 Å². The highest BCUT2D eigenvalue weighted by Crippen LogP contribution is 2.37. The highest BCUT2D eigenvalue weighted by molar-refractivity contribution is 5.40. The summed E-state index contributed by atoms with van der Waals surface area (Å²) in [5.41, 5.74) is 2.63. The van der Waals surface area contributed by atoms with Crippen molar-refractivity contribution in [2.75, 3.05) is 0 Å². The second kappa shape index (κ2) is 5.35. The molecule has 0 aliphatic heterocycles. The van der Waals surface area contributed by atoms with Crippen LogP contribution in [0.1, 0.15) is 54.4 Å². The van der Waals surface area contributed by atoms with Crippen LogP contribution in [-0.4, -0.2) is 5.11 Å². The molecule has 1 unspecified atom stereocenters. The molecule has 3 rings (SSSR count). The number of nitrogens with zero attached hydrogens (tertiary/aromatic N) is 1. The lowest BCUT2D eigenvalue weighted by Crippen LogP contribution is -2.22. The molecule has 2 aromatic rings. The maximum atomic E-state index is 10.8. The number of benzene rings is 2. The van der Waals surface area contributed by atoms with Gasteiger partial charge in [0, 0.05) is 0 Å². The molecular formula is C19H19NO. The minimum atomic E-state index is -1.04. The Kier molecular flexibility index (Phi) is 3.53. The summed E-state index contributed by atoms with van der Waals surface area (Å²) < 4.78 is 0. The molecule has 106 valence electrons. The molecule has 0 heterocycles. The van der Waals surface area contributed by atoms with Crippen molar-refractivity contribution < 1.29 is 5.11 Å². The van der Waals surface area contributed by atoms with Crippen molar-refractivity contribution in [2.45, 2.75) is 37.7 Å². The summed E-state index contributed by atoms with van der Waals surface area (Å²) in [7, 11) is 0. The van der Waals surface area contributed by atoms with Crippen LogP contribution in [0.3, 0.4) is 0 Å². The Labute approximate surface area is 125 Å². The van der Waals surface area contributed by atoms with Gasteiger partial charge in [0.05, 0.1) is 11.6 Å². The van der Waals surface area contributed by atoms with Crippen molar-refractivity contribution in [1.29, 1.82) is 5.26 Å². The topological polar surface area (TPSA) is 44.0 Å². The van der Waals surface area contributed by atoms with Crippen LogP contribution in [0.4, 0.5) is 0 Å². The minimum absolute atomic E-state index is 0.606. The van der Waals surface area contributed by atoms with Crippen molar-refractivity contribution in [3.63, 3.8) is 0 Å². The van der Waals surface area contributed by atoms with Crippen LogP contribution in [0.25, 0.3) is 0 Å². The fourth-order valence-electron chi connectivity index (χ4n) is 2.86. The third-order valence-corrected chi connectivity index (χ3v) is 4.63. The summed E-state index contributed by atoms with van der Waals surface area (Å²) >= 11 is 0. The Morgan fingerprint density at radius 3 is 1.95 bits per heavy atom. The molecule has 1 aliphatic rings. The maximum absolute atomic E-state index is 10.8. The first-order chi connectivity index (χ1) is 10.1. The van der Waals surface area contributed by atoms with Gasteiger partial charge < -0.3 is 5.11 Å². The van der Waals surface area contributed by atoms with Crippen molar-refractivity contribution in [2.24, 2.45) is 0 Å². The van der Waals surface area contributed by atoms with E-state index in [-0.39, 0.29) is 0 Å². The third-order valence-electron chi connectivity index (χ3n) is 4.63. The second-order valence-corrected chi connectivity index (χ2v) is 6.01. The number of hydrogen-bond donors (Lipinski definition) is 1. The van der Waals surface area contributed by atoms with Gasteiger partial charge in [0.1, 0.15) is 5.60 Å². The quantitative estimate of drug-likeness (QED) is 0.918. The number of hydrogen-bond acceptors (Lipinski definition) is 2. The third kappa shape index (κ3) is 2.57. The molecule has 1 fully saturated rings. The molecule has 1 saturated carbocycles. The molecule has 1 N–H and O–H groups in total. The summed E-state index contributed by atoms with van der Waals surface area (Å²) in [5.74, 6) is 0.707. The van der Waals surface area contributed by atoms with E-state index in [1.165, 1.54) is 24.8 Å². The Morgan fingerprint density at radius 1 is 1.00 bits per heavy atom. The molecule has 2 heteroatoms. The molecule has 0 amide bonds. The molecule has 0 bridgehead atoms. The van der Waals surface area contributed by atoms with Crippen molar-refractivity contribution in [1.82, 2.24) is 0 Å². The Balaban J connectivity index is 1.87. The molecule has 0 aromatic heterocycles. The van der Waals surface area contributed by atoms with Crippen LogP contribution in [0.5, 0.6) is 0 Å². The predicted molar refractivity (Wildman–Crippen MR) is 82.9 cm³/mol. The lowest BCUT2D eigenvalue weighted by atomic mass is 9.79. The number of aliphatic hydroxyl groups is 1. The van der Waals surface area contributed by atoms with E-state index >= 15 is 0 Å². The summed E-state index contributed by atoms with van der Waals surface area (Å²) in [6.45, 7) is 1.80. The first-order valence-corrected chi connectivity index (χ1v) is 7.45. The van der Waals surface area contributed by atoms with Crippen LogP contribution < -0.4 is 0 Å². The van der Waals surface area contributed by atoms with Crippen LogP contribution in [-0.2, 0) is 5.60 Å². The van der Waals surface area contributed by atoms with E-state index < -0.39 is 5.60 Å². The molecule has 0 saturated heterocycles. The van der Waals surface area contributed by atoms with Gasteiger partial charge in [-0.05, 0) is 54.5 Å². The van der Waals surface area contributed by atoms with Crippen LogP contribution >= 0.6 is 0 Å². The zero-order chi connectivity index (χ0) is 14.9. The van der Waals surface area contributed by atoms with Gasteiger partial charge >= 0.3 is 0 Å². The molecule has 1 aliphatic carbocycles. The Morgan fingerprint density at radius 2 is 1.52 bits per heavy atom. The molecule has 21 heavy (non-hydrogen) atoms. The van der Waals surface area contributed by atoms with Gasteiger partial charge in [-0.1, -0.05) is 42.8 Å². The van der Waals surface area contributed by atoms with E-state index in [9.17, 15) is 5.11 Å². The standard InChI is InChI=1S/C19H19NO/c1-19(21,17-9-5-14(13-20)6-10-17)18-11-7-16(8-12-18)15-3-2-4-15/h5-12,15,21H,2-4H2,1H3. The van der Waals surface area contributed by atoms with Gasteiger partial charge in [-0.2, -0.15) is 5.26 Å². The summed E-state index contributed by atoms with van der Waals surface area (Å²) in [5, 5.41) is 19.7. The van der Waals surface area contributed by atoms with E-state index in [0.29, 0.717) is 11.5 Å². The van der Waals surface area contributed by atoms with Gasteiger partial charge in [0.15, 0.2) is 0 Å². The molecule has 0 spiro atoms. The van der Waals surface area contributed by atoms with E-state index in [1.807, 2.05) is 24.3 Å². The van der Waals surface area contributed by atoms with Gasteiger partial charge in [0.2, 0.25) is 0 Å². The normalized spacial score (nSPS) is 17.6. The van der Waals surface area contributed by atoms with Gasteiger partial charge in [-0.3, -0.25) is 0 Å². The van der Waals surface area contributed by atoms with Crippen LogP contribution in [0.15, 0.2) is 48.5 Å². The maximum Gasteiger partial charge on any atom is 0.112 e. The van der Waals surface area contributed by atoms with Crippen molar-refractivity contribution in [3.8, 4) is 6.07 Å². The van der Waals surface area contributed by atoms with Gasteiger partial charge in [0.25, 0.3) is 0 Å². The monoisotopic (exact) mass is 277 g/mol. The SMILES string of the molecule is CC(O)(c1ccc(C#N)cc1)c1ccc(C2CCC2)cc1. The molecule has 2 nitrogen and oxygen atoms in total. The fraction of sp³-hybridized carbons (Fsp3) is 0.316. The van der Waals surface area contributed by atoms with E-state index in [2.05, 4.69) is 18.2 Å². The zero-order valence-corrected chi connectivity index (χ0v) is 12.2. The average molecular weight is 277 g/mol. The molecular weight excluding hydrogens is 258 g/mol. The smallest absolute Gasteiger partial charge is 0.112 e. The lowest BCUT2D eigenvalue weighted by Gasteiger charge is -2.28. The molecule has 1 atom stereocenters. The lowest BCUT2D eigenvalue weighted by molar-refractivity contribution is 0.102. The highest BCUT2D eigenvalue weighted by atomic mass is 16.3. The molecule has 0 radical (unpaired) electrons. The summed E-state index contributed by atoms with van der Waals surface area (Å²) in [6.07, 6.45) is 3.89. The van der Waals surface area contributed by atoms with Crippen LogP contribution in [0.2, 0.25) is 0 Å². The molecule has 2 aromatic carbocycles. The zero-order valence-electron chi connectivity index (χ0n) is 12.2. The largest absolute Gasteiger partial charge is 0.381 e. The minimum Gasteiger partial charge on any atom is -0.381 e. The number of rotatable bonds is 3. The summed E-state index contributed by atoms with van der Waals surface area (Å²) in [6, 6.07) is 17.5. The number of nitriles is 1. The van der Waals surface area contributed by atoms with Crippen molar-refractivity contribution >= 4 is 0 Å².